The Balaban J connectivity index is 2.19. The molecule has 1 aliphatic rings. The highest BCUT2D eigenvalue weighted by Crippen LogP contribution is 2.20. The number of nitrogens with one attached hydrogen (secondary N) is 1. The van der Waals surface area contributed by atoms with E-state index >= 15 is 0 Å². The van der Waals surface area contributed by atoms with Gasteiger partial charge in [0.1, 0.15) is 11.3 Å². The summed E-state index contributed by atoms with van der Waals surface area (Å²) in [7, 11) is 0. The number of phenolic OH excluding ortho intramolecular Hbond substituents is 1. The fraction of sp³-hybridized carbons (Fsp3) is 0.429. The van der Waals surface area contributed by atoms with Crippen molar-refractivity contribution in [3.05, 3.63) is 29.8 Å². The first-order chi connectivity index (χ1) is 8.94. The third-order valence-corrected chi connectivity index (χ3v) is 3.50. The van der Waals surface area contributed by atoms with Crippen LogP contribution in [0.4, 0.5) is 0 Å². The van der Waals surface area contributed by atoms with Crippen molar-refractivity contribution in [1.82, 2.24) is 10.2 Å². The first-order valence-electron chi connectivity index (χ1n) is 6.33. The minimum absolute atomic E-state index is 0.0596. The van der Waals surface area contributed by atoms with Crippen LogP contribution in [0.2, 0.25) is 0 Å². The lowest BCUT2D eigenvalue weighted by molar-refractivity contribution is -0.149. The molecule has 1 atom stereocenters. The van der Waals surface area contributed by atoms with Gasteiger partial charge in [-0.25, -0.2) is 0 Å². The van der Waals surface area contributed by atoms with Crippen LogP contribution in [-0.2, 0) is 16.1 Å². The van der Waals surface area contributed by atoms with Crippen LogP contribution in [0.25, 0.3) is 0 Å². The number of carbonyl (C=O) groups excluding carboxylic acids is 2. The van der Waals surface area contributed by atoms with Crippen molar-refractivity contribution in [3.8, 4) is 5.75 Å². The van der Waals surface area contributed by atoms with Crippen LogP contribution in [0.15, 0.2) is 24.3 Å². The van der Waals surface area contributed by atoms with Crippen LogP contribution < -0.4 is 5.32 Å². The van der Waals surface area contributed by atoms with Crippen LogP contribution in [0.1, 0.15) is 25.8 Å². The van der Waals surface area contributed by atoms with Crippen LogP contribution in [0.3, 0.4) is 0 Å². The highest BCUT2D eigenvalue weighted by Gasteiger charge is 2.41. The van der Waals surface area contributed by atoms with E-state index in [2.05, 4.69) is 5.32 Å². The normalized spacial score (nSPS) is 23.4. The minimum Gasteiger partial charge on any atom is -0.508 e. The number of amides is 2. The number of carbonyl (C=O) groups is 2. The molecule has 0 saturated carbocycles. The van der Waals surface area contributed by atoms with Crippen molar-refractivity contribution in [3.63, 3.8) is 0 Å². The molecule has 1 aromatic rings. The number of nitrogens with zero attached hydrogens (tertiary/aromatic N) is 1. The summed E-state index contributed by atoms with van der Waals surface area (Å²) in [4.78, 5) is 25.6. The van der Waals surface area contributed by atoms with Gasteiger partial charge in [0.25, 0.3) is 0 Å². The van der Waals surface area contributed by atoms with Crippen molar-refractivity contribution in [1.29, 1.82) is 0 Å². The Kier molecular flexibility index (Phi) is 3.46. The van der Waals surface area contributed by atoms with Gasteiger partial charge in [-0.2, -0.15) is 0 Å². The molecule has 1 fully saturated rings. The highest BCUT2D eigenvalue weighted by molar-refractivity contribution is 5.97. The van der Waals surface area contributed by atoms with E-state index in [0.717, 1.165) is 5.56 Å². The average Bonchev–Trinajstić information content (AvgIpc) is 2.35. The van der Waals surface area contributed by atoms with Gasteiger partial charge >= 0.3 is 0 Å². The predicted octanol–water partition coefficient (Wildman–Crippen LogP) is 1.02. The maximum Gasteiger partial charge on any atom is 0.248 e. The number of phenols is 1. The monoisotopic (exact) mass is 262 g/mol. The van der Waals surface area contributed by atoms with Gasteiger partial charge in [0.15, 0.2) is 0 Å². The van der Waals surface area contributed by atoms with Crippen molar-refractivity contribution >= 4 is 11.8 Å². The van der Waals surface area contributed by atoms with E-state index in [0.29, 0.717) is 13.0 Å². The van der Waals surface area contributed by atoms with Gasteiger partial charge in [-0.15, -0.1) is 0 Å². The number of aromatic hydroxyl groups is 1. The summed E-state index contributed by atoms with van der Waals surface area (Å²) < 4.78 is 0. The van der Waals surface area contributed by atoms with E-state index in [4.69, 9.17) is 0 Å². The zero-order valence-electron chi connectivity index (χ0n) is 11.1. The fourth-order valence-electron chi connectivity index (χ4n) is 2.24. The first kappa shape index (κ1) is 13.4. The molecule has 19 heavy (non-hydrogen) atoms. The summed E-state index contributed by atoms with van der Waals surface area (Å²) in [5, 5.41) is 12.2. The van der Waals surface area contributed by atoms with E-state index in [9.17, 15) is 14.7 Å². The van der Waals surface area contributed by atoms with Gasteiger partial charge < -0.3 is 15.3 Å². The second kappa shape index (κ2) is 4.91. The number of rotatable bonds is 3. The molecule has 5 nitrogen and oxygen atoms in total. The predicted molar refractivity (Wildman–Crippen MR) is 70.4 cm³/mol. The molecule has 5 heteroatoms. The molecular weight excluding hydrogens is 244 g/mol. The molecule has 1 unspecified atom stereocenters. The third-order valence-electron chi connectivity index (χ3n) is 3.50. The summed E-state index contributed by atoms with van der Waals surface area (Å²) in [6.07, 6.45) is 0.550. The molecule has 1 aliphatic heterocycles. The third kappa shape index (κ3) is 2.70. The Hall–Kier alpha value is -2.04. The van der Waals surface area contributed by atoms with Crippen LogP contribution in [0.5, 0.6) is 5.75 Å². The first-order valence-corrected chi connectivity index (χ1v) is 6.33. The van der Waals surface area contributed by atoms with Crippen molar-refractivity contribution < 1.29 is 14.7 Å². The Morgan fingerprint density at radius 3 is 2.79 bits per heavy atom. The van der Waals surface area contributed by atoms with E-state index in [1.807, 2.05) is 13.0 Å². The van der Waals surface area contributed by atoms with Gasteiger partial charge in [-0.3, -0.25) is 9.59 Å². The van der Waals surface area contributed by atoms with Crippen molar-refractivity contribution in [2.45, 2.75) is 32.4 Å². The smallest absolute Gasteiger partial charge is 0.248 e. The summed E-state index contributed by atoms with van der Waals surface area (Å²) in [6.45, 7) is 4.00. The van der Waals surface area contributed by atoms with Crippen molar-refractivity contribution in [2.75, 3.05) is 6.54 Å². The lowest BCUT2D eigenvalue weighted by Gasteiger charge is -2.39. The minimum atomic E-state index is -0.827. The highest BCUT2D eigenvalue weighted by atomic mass is 16.3. The van der Waals surface area contributed by atoms with Gasteiger partial charge in [0, 0.05) is 6.54 Å². The van der Waals surface area contributed by atoms with Gasteiger partial charge in [0.05, 0.1) is 6.54 Å². The number of piperazine rings is 1. The van der Waals surface area contributed by atoms with E-state index < -0.39 is 5.54 Å². The molecule has 0 aliphatic carbocycles. The molecule has 0 spiro atoms. The molecule has 0 bridgehead atoms. The Morgan fingerprint density at radius 1 is 1.42 bits per heavy atom. The molecule has 0 radical (unpaired) electrons. The SMILES string of the molecule is CCC1(C)NC(=O)CN(Cc2cccc(O)c2)C1=O. The van der Waals surface area contributed by atoms with Crippen LogP contribution in [0, 0.1) is 0 Å². The number of hydrogen-bond donors (Lipinski definition) is 2. The maximum absolute atomic E-state index is 12.4. The zero-order chi connectivity index (χ0) is 14.0. The second-order valence-electron chi connectivity index (χ2n) is 5.06. The standard InChI is InChI=1S/C14H18N2O3/c1-3-14(2)13(19)16(9-12(18)15-14)8-10-5-4-6-11(17)7-10/h4-7,17H,3,8-9H2,1-2H3,(H,15,18). The van der Waals surface area contributed by atoms with Crippen molar-refractivity contribution in [2.24, 2.45) is 0 Å². The topological polar surface area (TPSA) is 69.6 Å². The zero-order valence-corrected chi connectivity index (χ0v) is 11.1. The molecule has 2 rings (SSSR count). The molecule has 2 N–H and O–H groups in total. The summed E-state index contributed by atoms with van der Waals surface area (Å²) in [6, 6.07) is 6.72. The summed E-state index contributed by atoms with van der Waals surface area (Å²) >= 11 is 0. The Labute approximate surface area is 112 Å². The number of hydrogen-bond acceptors (Lipinski definition) is 3. The van der Waals surface area contributed by atoms with E-state index in [1.165, 1.54) is 4.90 Å². The van der Waals surface area contributed by atoms with Crippen LogP contribution in [-0.4, -0.2) is 33.9 Å². The van der Waals surface area contributed by atoms with E-state index in [-0.39, 0.29) is 24.1 Å². The van der Waals surface area contributed by atoms with E-state index in [1.54, 1.807) is 25.1 Å². The molecule has 1 aromatic carbocycles. The molecule has 102 valence electrons. The molecule has 0 aromatic heterocycles. The second-order valence-corrected chi connectivity index (χ2v) is 5.06. The molecule has 1 saturated heterocycles. The Morgan fingerprint density at radius 2 is 2.16 bits per heavy atom. The summed E-state index contributed by atoms with van der Waals surface area (Å²) in [5.74, 6) is -0.0771. The fourth-order valence-corrected chi connectivity index (χ4v) is 2.24. The van der Waals surface area contributed by atoms with Crippen LogP contribution >= 0.6 is 0 Å². The Bertz CT molecular complexity index is 515. The molecule has 2 amide bonds. The molecular formula is C14H18N2O3. The summed E-state index contributed by atoms with van der Waals surface area (Å²) in [5.41, 5.74) is -0.0203. The lowest BCUT2D eigenvalue weighted by atomic mass is 9.94. The maximum atomic E-state index is 12.4. The molecule has 1 heterocycles. The van der Waals surface area contributed by atoms with Gasteiger partial charge in [-0.05, 0) is 31.0 Å². The lowest BCUT2D eigenvalue weighted by Crippen LogP contribution is -2.64. The van der Waals surface area contributed by atoms with Gasteiger partial charge in [-0.1, -0.05) is 19.1 Å². The average molecular weight is 262 g/mol. The number of benzene rings is 1. The largest absolute Gasteiger partial charge is 0.508 e. The quantitative estimate of drug-likeness (QED) is 0.854. The van der Waals surface area contributed by atoms with Gasteiger partial charge in [0.2, 0.25) is 11.8 Å².